The average Bonchev–Trinajstić information content (AvgIpc) is 3.17. The maximum absolute atomic E-state index is 12.4. The van der Waals surface area contributed by atoms with Crippen LogP contribution in [0.2, 0.25) is 38.3 Å². The van der Waals surface area contributed by atoms with Crippen LogP contribution in [0.4, 0.5) is 19.2 Å². The zero-order valence-corrected chi connectivity index (χ0v) is 42.6. The Morgan fingerprint density at radius 2 is 0.892 bits per heavy atom. The summed E-state index contributed by atoms with van der Waals surface area (Å²) in [4.78, 5) is 110. The minimum atomic E-state index is -1.90. The second-order valence-corrected chi connectivity index (χ2v) is 29.9. The van der Waals surface area contributed by atoms with Gasteiger partial charge in [-0.15, -0.1) is 0 Å². The van der Waals surface area contributed by atoms with Crippen molar-refractivity contribution in [3.63, 3.8) is 0 Å². The highest BCUT2D eigenvalue weighted by molar-refractivity contribution is 6.84. The Labute approximate surface area is 387 Å². The number of carbonyl (C=O) groups is 6. The summed E-state index contributed by atoms with van der Waals surface area (Å²) >= 11 is 0. The second kappa shape index (κ2) is 26.2. The standard InChI is InChI=1S/C44H78N4O15Si2/c1-13-35(49)57-61-39(53)47-33-25-41(3,4)29-43(7,27-33)31-45-37(51)59-55-21-17-15-19-23-64(9,10)63-65(11,12)24-20-16-18-22-56-60-38(52)46-32-44(8)28-34(26-42(5,6)30-44)48-40(54)62-58-36(50)14-2/h13-14,33-34H,1-2,15-32H2,3-12H3,(H,45,51)(H,46,52)(H,47,53)(H,48,54). The fraction of sp³-hybridized carbons (Fsp3) is 0.773. The van der Waals surface area contributed by atoms with E-state index in [1.54, 1.807) is 0 Å². The van der Waals surface area contributed by atoms with Gasteiger partial charge >= 0.3 is 36.3 Å². The number of carbonyl (C=O) groups excluding carboxylic acids is 6. The van der Waals surface area contributed by atoms with Crippen LogP contribution in [0, 0.1) is 21.7 Å². The summed E-state index contributed by atoms with van der Waals surface area (Å²) in [5.41, 5.74) is -0.983. The van der Waals surface area contributed by atoms with Gasteiger partial charge in [-0.25, -0.2) is 48.3 Å². The van der Waals surface area contributed by atoms with Gasteiger partial charge in [0.25, 0.3) is 0 Å². The second-order valence-electron chi connectivity index (χ2n) is 21.1. The largest absolute Gasteiger partial charge is 0.455 e. The number of hydrogen-bond acceptors (Lipinski definition) is 15. The molecule has 4 atom stereocenters. The average molecular weight is 959 g/mol. The van der Waals surface area contributed by atoms with Crippen molar-refractivity contribution < 1.29 is 72.0 Å². The van der Waals surface area contributed by atoms with E-state index < -0.39 is 52.9 Å². The van der Waals surface area contributed by atoms with Crippen molar-refractivity contribution in [3.8, 4) is 0 Å². The van der Waals surface area contributed by atoms with Crippen LogP contribution in [0.15, 0.2) is 25.3 Å². The first-order chi connectivity index (χ1) is 30.2. The van der Waals surface area contributed by atoms with Gasteiger partial charge in [0.15, 0.2) is 16.6 Å². The monoisotopic (exact) mass is 959 g/mol. The van der Waals surface area contributed by atoms with Gasteiger partial charge < -0.3 is 25.4 Å². The maximum atomic E-state index is 12.4. The molecule has 4 unspecified atom stereocenters. The molecule has 0 saturated heterocycles. The van der Waals surface area contributed by atoms with Crippen molar-refractivity contribution in [1.82, 2.24) is 21.3 Å². The first-order valence-electron chi connectivity index (χ1n) is 22.7. The Balaban J connectivity index is 1.56. The molecule has 0 heterocycles. The van der Waals surface area contributed by atoms with Crippen molar-refractivity contribution >= 4 is 52.9 Å². The van der Waals surface area contributed by atoms with E-state index in [1.165, 1.54) is 0 Å². The molecule has 2 aliphatic rings. The van der Waals surface area contributed by atoms with Gasteiger partial charge in [0, 0.05) is 37.3 Å². The van der Waals surface area contributed by atoms with Crippen molar-refractivity contribution in [2.75, 3.05) is 26.3 Å². The fourth-order valence-electron chi connectivity index (χ4n) is 9.80. The quantitative estimate of drug-likeness (QED) is 0.0232. The molecular formula is C44H78N4O15Si2. The number of amides is 4. The molecule has 0 aromatic carbocycles. The van der Waals surface area contributed by atoms with E-state index in [-0.39, 0.29) is 47.0 Å². The lowest BCUT2D eigenvalue weighted by molar-refractivity contribution is -0.239. The van der Waals surface area contributed by atoms with Gasteiger partial charge in [-0.2, -0.15) is 9.78 Å². The van der Waals surface area contributed by atoms with Crippen LogP contribution in [-0.2, 0) is 52.8 Å². The number of rotatable bonds is 24. The fourth-order valence-corrected chi connectivity index (χ4v) is 18.8. The predicted octanol–water partition coefficient (Wildman–Crippen LogP) is 8.98. The predicted molar refractivity (Wildman–Crippen MR) is 245 cm³/mol. The Hall–Kier alpha value is -4.19. The van der Waals surface area contributed by atoms with Crippen LogP contribution in [0.1, 0.15) is 119 Å². The maximum Gasteiger partial charge on any atom is 0.450 e. The molecule has 21 heteroatoms. The topological polar surface area (TPSA) is 234 Å². The Kier molecular flexibility index (Phi) is 23.0. The summed E-state index contributed by atoms with van der Waals surface area (Å²) < 4.78 is 6.80. The third-order valence-corrected chi connectivity index (χ3v) is 19.0. The van der Waals surface area contributed by atoms with Gasteiger partial charge in [-0.05, 0) is 111 Å². The van der Waals surface area contributed by atoms with E-state index in [9.17, 15) is 28.8 Å². The highest BCUT2D eigenvalue weighted by Crippen LogP contribution is 2.47. The summed E-state index contributed by atoms with van der Waals surface area (Å²) in [5.74, 6) is -1.75. The normalized spacial score (nSPS) is 22.5. The molecule has 4 amide bonds. The molecule has 65 heavy (non-hydrogen) atoms. The molecule has 0 radical (unpaired) electrons. The van der Waals surface area contributed by atoms with Gasteiger partial charge in [0.05, 0.1) is 13.2 Å². The lowest BCUT2D eigenvalue weighted by atomic mass is 9.62. The molecular weight excluding hydrogens is 881 g/mol. The zero-order valence-electron chi connectivity index (χ0n) is 40.6. The molecule has 0 bridgehead atoms. The Bertz CT molecular complexity index is 1500. The first-order valence-corrected chi connectivity index (χ1v) is 28.9. The van der Waals surface area contributed by atoms with E-state index in [0.29, 0.717) is 38.8 Å². The molecule has 2 aliphatic carbocycles. The Morgan fingerprint density at radius 1 is 0.523 bits per heavy atom. The highest BCUT2D eigenvalue weighted by Gasteiger charge is 2.44. The summed E-state index contributed by atoms with van der Waals surface area (Å²) in [6.07, 6.45) is 8.02. The molecule has 4 N–H and O–H groups in total. The molecule has 0 spiro atoms. The molecule has 2 rings (SSSR count). The SMILES string of the molecule is C=CC(=O)OOC(=O)NC1CC(C)(C)CC(C)(CNC(=O)OOCCCCC[Si](C)(C)O[Si](C)(C)CCCCCOOC(=O)NCC2(C)CC(NC(=O)OOC(=O)C=C)CC(C)(C)C2)C1. The lowest BCUT2D eigenvalue weighted by Gasteiger charge is -2.46. The van der Waals surface area contributed by atoms with Crippen molar-refractivity contribution in [2.24, 2.45) is 21.7 Å². The van der Waals surface area contributed by atoms with Crippen LogP contribution in [0.5, 0.6) is 0 Å². The lowest BCUT2D eigenvalue weighted by Crippen LogP contribution is -2.50. The minimum Gasteiger partial charge on any atom is -0.455 e. The van der Waals surface area contributed by atoms with Crippen LogP contribution in [0.25, 0.3) is 0 Å². The van der Waals surface area contributed by atoms with E-state index in [1.807, 2.05) is 13.8 Å². The van der Waals surface area contributed by atoms with Crippen LogP contribution >= 0.6 is 0 Å². The van der Waals surface area contributed by atoms with Crippen molar-refractivity contribution in [2.45, 2.75) is 169 Å². The summed E-state index contributed by atoms with van der Waals surface area (Å²) in [5, 5.41) is 11.0. The molecule has 0 aromatic heterocycles. The van der Waals surface area contributed by atoms with Crippen LogP contribution in [-0.4, -0.2) is 91.3 Å². The third kappa shape index (κ3) is 24.8. The van der Waals surface area contributed by atoms with Gasteiger partial charge in [-0.1, -0.05) is 80.4 Å². The minimum absolute atomic E-state index is 0.139. The summed E-state index contributed by atoms with van der Waals surface area (Å²) in [7, 11) is -3.81. The van der Waals surface area contributed by atoms with E-state index >= 15 is 0 Å². The number of unbranched alkanes of at least 4 members (excludes halogenated alkanes) is 4. The zero-order chi connectivity index (χ0) is 49.0. The van der Waals surface area contributed by atoms with Crippen LogP contribution in [0.3, 0.4) is 0 Å². The molecule has 2 fully saturated rings. The smallest absolute Gasteiger partial charge is 0.450 e. The van der Waals surface area contributed by atoms with Gasteiger partial charge in [-0.3, -0.25) is 9.78 Å². The first kappa shape index (κ1) is 56.9. The molecule has 19 nitrogen and oxygen atoms in total. The van der Waals surface area contributed by atoms with Crippen molar-refractivity contribution in [3.05, 3.63) is 25.3 Å². The number of hydrogen-bond donors (Lipinski definition) is 4. The van der Waals surface area contributed by atoms with Crippen molar-refractivity contribution in [1.29, 1.82) is 0 Å². The van der Waals surface area contributed by atoms with E-state index in [2.05, 4.69) is 108 Å². The van der Waals surface area contributed by atoms with Gasteiger partial charge in [0.2, 0.25) is 0 Å². The highest BCUT2D eigenvalue weighted by atomic mass is 28.4. The van der Waals surface area contributed by atoms with E-state index in [4.69, 9.17) is 23.7 Å². The molecule has 0 aromatic rings. The summed E-state index contributed by atoms with van der Waals surface area (Å²) in [6.45, 7) is 29.1. The van der Waals surface area contributed by atoms with Crippen LogP contribution < -0.4 is 21.3 Å². The molecule has 372 valence electrons. The molecule has 2 saturated carbocycles. The summed E-state index contributed by atoms with van der Waals surface area (Å²) in [6, 6.07) is 1.50. The molecule has 0 aliphatic heterocycles. The van der Waals surface area contributed by atoms with E-state index in [0.717, 1.165) is 75.6 Å². The number of nitrogens with one attached hydrogen (secondary N) is 4. The third-order valence-electron chi connectivity index (χ3n) is 11.4. The van der Waals surface area contributed by atoms with Gasteiger partial charge in [0.1, 0.15) is 0 Å². The Morgan fingerprint density at radius 3 is 1.25 bits per heavy atom.